The lowest BCUT2D eigenvalue weighted by Gasteiger charge is -1.98. The summed E-state index contributed by atoms with van der Waals surface area (Å²) in [5, 5.41) is 11.5. The Morgan fingerprint density at radius 1 is 1.77 bits per heavy atom. The first-order valence-electron chi connectivity index (χ1n) is 3.77. The quantitative estimate of drug-likeness (QED) is 0.189. The number of hydrogen-bond acceptors (Lipinski definition) is 4. The van der Waals surface area contributed by atoms with Crippen LogP contribution in [0.25, 0.3) is 0 Å². The third kappa shape index (κ3) is 7.75. The average Bonchev–Trinajstić information content (AvgIpc) is 2.16. The van der Waals surface area contributed by atoms with Crippen LogP contribution in [0.2, 0.25) is 0 Å². The number of nitriles is 1. The van der Waals surface area contributed by atoms with Crippen molar-refractivity contribution >= 4 is 28.7 Å². The van der Waals surface area contributed by atoms with Gasteiger partial charge in [-0.15, -0.1) is 6.58 Å². The standard InChI is InChI=1S/C8H13N3S2/c1-3-5-13-6-4-10-8(12-2)11-7-9/h3H,1,4-6H2,2H3,(H,10,11). The molecule has 0 aliphatic carbocycles. The highest BCUT2D eigenvalue weighted by Gasteiger charge is 1.92. The van der Waals surface area contributed by atoms with E-state index in [1.807, 2.05) is 18.5 Å². The van der Waals surface area contributed by atoms with Crippen LogP contribution in [-0.4, -0.2) is 29.5 Å². The molecular formula is C8H13N3S2. The first kappa shape index (κ1) is 12.4. The van der Waals surface area contributed by atoms with Gasteiger partial charge in [-0.3, -0.25) is 10.3 Å². The summed E-state index contributed by atoms with van der Waals surface area (Å²) >= 11 is 3.22. The minimum atomic E-state index is 0.682. The molecular weight excluding hydrogens is 202 g/mol. The number of rotatable bonds is 5. The van der Waals surface area contributed by atoms with Gasteiger partial charge in [-0.2, -0.15) is 17.0 Å². The molecule has 0 heterocycles. The molecule has 1 N–H and O–H groups in total. The molecule has 0 rings (SSSR count). The molecule has 0 spiro atoms. The molecule has 0 fully saturated rings. The van der Waals surface area contributed by atoms with Gasteiger partial charge in [0, 0.05) is 11.5 Å². The van der Waals surface area contributed by atoms with Crippen molar-refractivity contribution in [1.82, 2.24) is 5.32 Å². The minimum absolute atomic E-state index is 0.682. The fourth-order valence-corrected chi connectivity index (χ4v) is 1.50. The number of aliphatic imine (C=N–C) groups is 1. The average molecular weight is 215 g/mol. The van der Waals surface area contributed by atoms with E-state index in [0.717, 1.165) is 18.1 Å². The van der Waals surface area contributed by atoms with Crippen LogP contribution in [0.5, 0.6) is 0 Å². The van der Waals surface area contributed by atoms with E-state index in [0.29, 0.717) is 5.17 Å². The highest BCUT2D eigenvalue weighted by molar-refractivity contribution is 8.13. The predicted molar refractivity (Wildman–Crippen MR) is 62.1 cm³/mol. The number of nitrogens with one attached hydrogen (secondary N) is 1. The number of amidine groups is 1. The van der Waals surface area contributed by atoms with Crippen molar-refractivity contribution in [3.05, 3.63) is 12.7 Å². The predicted octanol–water partition coefficient (Wildman–Crippen LogP) is 1.70. The lowest BCUT2D eigenvalue weighted by Crippen LogP contribution is -2.13. The third-order valence-corrected chi connectivity index (χ3v) is 2.64. The Labute approximate surface area is 87.7 Å². The molecule has 0 aromatic heterocycles. The van der Waals surface area contributed by atoms with Crippen molar-refractivity contribution in [2.45, 2.75) is 0 Å². The van der Waals surface area contributed by atoms with Crippen LogP contribution in [0, 0.1) is 11.5 Å². The first-order valence-corrected chi connectivity index (χ1v) is 6.15. The van der Waals surface area contributed by atoms with Crippen molar-refractivity contribution < 1.29 is 0 Å². The normalized spacial score (nSPS) is 10.6. The van der Waals surface area contributed by atoms with Crippen molar-refractivity contribution in [2.24, 2.45) is 4.99 Å². The van der Waals surface area contributed by atoms with Crippen LogP contribution in [0.3, 0.4) is 0 Å². The monoisotopic (exact) mass is 215 g/mol. The Morgan fingerprint density at radius 3 is 3.08 bits per heavy atom. The molecule has 0 radical (unpaired) electrons. The maximum absolute atomic E-state index is 8.33. The maximum atomic E-state index is 8.33. The summed E-state index contributed by atoms with van der Waals surface area (Å²) in [6.45, 7) is 4.36. The zero-order valence-electron chi connectivity index (χ0n) is 7.62. The summed E-state index contributed by atoms with van der Waals surface area (Å²) in [6.07, 6.45) is 5.61. The van der Waals surface area contributed by atoms with Gasteiger partial charge >= 0.3 is 0 Å². The molecule has 5 heteroatoms. The van der Waals surface area contributed by atoms with E-state index in [4.69, 9.17) is 5.26 Å². The Bertz CT molecular complexity index is 208. The molecule has 13 heavy (non-hydrogen) atoms. The lowest BCUT2D eigenvalue weighted by atomic mass is 10.8. The molecule has 0 bridgehead atoms. The summed E-state index contributed by atoms with van der Waals surface area (Å²) in [5.41, 5.74) is 0. The number of thioether (sulfide) groups is 2. The van der Waals surface area contributed by atoms with E-state index in [9.17, 15) is 0 Å². The molecule has 0 unspecified atom stereocenters. The summed E-state index contributed by atoms with van der Waals surface area (Å²) in [6, 6.07) is 0. The molecule has 0 amide bonds. The topological polar surface area (TPSA) is 48.2 Å². The fourth-order valence-electron chi connectivity index (χ4n) is 0.581. The zero-order chi connectivity index (χ0) is 9.94. The van der Waals surface area contributed by atoms with Crippen LogP contribution in [-0.2, 0) is 0 Å². The second kappa shape index (κ2) is 9.49. The van der Waals surface area contributed by atoms with Crippen LogP contribution in [0.15, 0.2) is 17.6 Å². The summed E-state index contributed by atoms with van der Waals surface area (Å²) in [4.78, 5) is 4.19. The second-order valence-corrected chi connectivity index (χ2v) is 3.94. The van der Waals surface area contributed by atoms with Gasteiger partial charge in [0.1, 0.15) is 0 Å². The molecule has 0 aromatic carbocycles. The summed E-state index contributed by atoms with van der Waals surface area (Å²) in [5.74, 6) is 1.92. The van der Waals surface area contributed by atoms with E-state index in [2.05, 4.69) is 16.9 Å². The van der Waals surface area contributed by atoms with Gasteiger partial charge in [0.15, 0.2) is 11.4 Å². The molecule has 0 aliphatic heterocycles. The van der Waals surface area contributed by atoms with Crippen molar-refractivity contribution in [3.63, 3.8) is 0 Å². The Kier molecular flexibility index (Phi) is 9.05. The molecule has 0 aliphatic rings. The van der Waals surface area contributed by atoms with Crippen molar-refractivity contribution in [3.8, 4) is 6.19 Å². The third-order valence-electron chi connectivity index (χ3n) is 1.08. The summed E-state index contributed by atoms with van der Waals surface area (Å²) in [7, 11) is 0. The van der Waals surface area contributed by atoms with Gasteiger partial charge in [-0.25, -0.2) is 0 Å². The summed E-state index contributed by atoms with van der Waals surface area (Å²) < 4.78 is 0. The highest BCUT2D eigenvalue weighted by Crippen LogP contribution is 2.00. The van der Waals surface area contributed by atoms with Crippen molar-refractivity contribution in [1.29, 1.82) is 5.26 Å². The van der Waals surface area contributed by atoms with Crippen LogP contribution in [0.1, 0.15) is 0 Å². The molecule has 0 aromatic rings. The van der Waals surface area contributed by atoms with E-state index in [-0.39, 0.29) is 0 Å². The number of hydrogen-bond donors (Lipinski definition) is 1. The highest BCUT2D eigenvalue weighted by atomic mass is 32.2. The SMILES string of the molecule is C=CCSCCN=C(NC#N)SC. The Hall–Kier alpha value is -0.600. The van der Waals surface area contributed by atoms with Gasteiger partial charge in [-0.05, 0) is 6.26 Å². The van der Waals surface area contributed by atoms with Crippen LogP contribution in [0.4, 0.5) is 0 Å². The van der Waals surface area contributed by atoms with Gasteiger partial charge in [0.25, 0.3) is 0 Å². The molecule has 3 nitrogen and oxygen atoms in total. The number of nitrogens with zero attached hydrogens (tertiary/aromatic N) is 2. The van der Waals surface area contributed by atoms with E-state index >= 15 is 0 Å². The lowest BCUT2D eigenvalue weighted by molar-refractivity contribution is 1.12. The Balaban J connectivity index is 3.55. The largest absolute Gasteiger partial charge is 0.272 e. The zero-order valence-corrected chi connectivity index (χ0v) is 9.25. The van der Waals surface area contributed by atoms with Crippen molar-refractivity contribution in [2.75, 3.05) is 24.3 Å². The van der Waals surface area contributed by atoms with E-state index < -0.39 is 0 Å². The van der Waals surface area contributed by atoms with Crippen LogP contribution >= 0.6 is 23.5 Å². The maximum Gasteiger partial charge on any atom is 0.183 e. The minimum Gasteiger partial charge on any atom is -0.272 e. The van der Waals surface area contributed by atoms with Gasteiger partial charge < -0.3 is 0 Å². The smallest absolute Gasteiger partial charge is 0.183 e. The van der Waals surface area contributed by atoms with Gasteiger partial charge in [-0.1, -0.05) is 17.8 Å². The van der Waals surface area contributed by atoms with Gasteiger partial charge in [0.05, 0.1) is 6.54 Å². The van der Waals surface area contributed by atoms with E-state index in [1.165, 1.54) is 11.8 Å². The first-order chi connectivity index (χ1) is 6.35. The van der Waals surface area contributed by atoms with Gasteiger partial charge in [0.2, 0.25) is 0 Å². The second-order valence-electron chi connectivity index (χ2n) is 1.99. The molecule has 0 saturated carbocycles. The molecule has 0 saturated heterocycles. The fraction of sp³-hybridized carbons (Fsp3) is 0.500. The van der Waals surface area contributed by atoms with Crippen LogP contribution < -0.4 is 5.32 Å². The molecule has 72 valence electrons. The Morgan fingerprint density at radius 2 is 2.54 bits per heavy atom. The molecule has 0 atom stereocenters. The van der Waals surface area contributed by atoms with E-state index in [1.54, 1.807) is 11.8 Å².